The van der Waals surface area contributed by atoms with Crippen LogP contribution in [0.25, 0.3) is 16.9 Å². The second kappa shape index (κ2) is 10.5. The number of aromatic nitrogens is 1. The van der Waals surface area contributed by atoms with Crippen molar-refractivity contribution in [2.75, 3.05) is 11.4 Å². The van der Waals surface area contributed by atoms with Gasteiger partial charge in [-0.2, -0.15) is 13.2 Å². The zero-order chi connectivity index (χ0) is 28.6. The molecule has 3 aromatic carbocycles. The summed E-state index contributed by atoms with van der Waals surface area (Å²) in [6, 6.07) is 16.5. The van der Waals surface area contributed by atoms with E-state index in [1.807, 2.05) is 0 Å². The van der Waals surface area contributed by atoms with Crippen LogP contribution < -0.4 is 9.64 Å². The Hall–Kier alpha value is -4.60. The molecule has 6 nitrogen and oxygen atoms in total. The van der Waals surface area contributed by atoms with Gasteiger partial charge in [-0.3, -0.25) is 4.79 Å². The fraction of sp³-hybridized carbons (Fsp3) is 0.200. The molecule has 1 fully saturated rings. The van der Waals surface area contributed by atoms with Crippen molar-refractivity contribution in [2.45, 2.75) is 32.5 Å². The molecule has 4 aromatic rings. The molecule has 0 saturated carbocycles. The minimum absolute atomic E-state index is 0.0198. The van der Waals surface area contributed by atoms with Crippen LogP contribution in [-0.2, 0) is 17.6 Å². The number of ether oxygens (including phenoxy) is 1. The Morgan fingerprint density at radius 1 is 0.975 bits per heavy atom. The average Bonchev–Trinajstić information content (AvgIpc) is 3.52. The minimum atomic E-state index is -4.62. The predicted octanol–water partition coefficient (Wildman–Crippen LogP) is 7.01. The molecule has 40 heavy (non-hydrogen) atoms. The van der Waals surface area contributed by atoms with E-state index in [1.165, 1.54) is 47.4 Å². The fourth-order valence-electron chi connectivity index (χ4n) is 4.79. The first-order valence-corrected chi connectivity index (χ1v) is 12.5. The highest BCUT2D eigenvalue weighted by atomic mass is 19.4. The van der Waals surface area contributed by atoms with Gasteiger partial charge in [-0.15, -0.1) is 0 Å². The van der Waals surface area contributed by atoms with Crippen LogP contribution in [0.4, 0.5) is 23.2 Å². The second-order valence-electron chi connectivity index (χ2n) is 9.51. The smallest absolute Gasteiger partial charge is 0.416 e. The Morgan fingerprint density at radius 3 is 2.35 bits per heavy atom. The van der Waals surface area contributed by atoms with Crippen LogP contribution in [0, 0.1) is 12.7 Å². The number of aromatic carboxylic acids is 1. The van der Waals surface area contributed by atoms with Gasteiger partial charge >= 0.3 is 12.1 Å². The quantitative estimate of drug-likeness (QED) is 0.250. The van der Waals surface area contributed by atoms with Crippen molar-refractivity contribution >= 4 is 17.6 Å². The van der Waals surface area contributed by atoms with Crippen molar-refractivity contribution in [3.63, 3.8) is 0 Å². The zero-order valence-electron chi connectivity index (χ0n) is 21.3. The molecule has 1 aliphatic rings. The Bertz CT molecular complexity index is 1590. The summed E-state index contributed by atoms with van der Waals surface area (Å²) in [6.07, 6.45) is -3.64. The van der Waals surface area contributed by atoms with Crippen LogP contribution in [-0.4, -0.2) is 28.1 Å². The van der Waals surface area contributed by atoms with Crippen LogP contribution in [0.15, 0.2) is 72.8 Å². The van der Waals surface area contributed by atoms with Crippen molar-refractivity contribution in [1.29, 1.82) is 0 Å². The molecular formula is C30H24F4N2O4. The standard InChI is InChI=1S/C30H24F4N2O4/c1-18-4-10-26(36(18)24-14-20(29(38)39)13-23(16-24)35-12-2-3-28(35)37)25-15-21(30(32,33)34)7-11-27(25)40-17-19-5-8-22(31)9-6-19/h4-11,13-16H,2-3,12,17H2,1H3,(H,38,39). The Labute approximate surface area is 227 Å². The number of rotatable bonds is 7. The molecule has 1 aliphatic heterocycles. The molecule has 0 bridgehead atoms. The van der Waals surface area contributed by atoms with Gasteiger partial charge in [0.25, 0.3) is 0 Å². The van der Waals surface area contributed by atoms with Gasteiger partial charge in [0.2, 0.25) is 5.91 Å². The molecule has 1 amide bonds. The molecule has 0 unspecified atom stereocenters. The molecule has 0 spiro atoms. The lowest BCUT2D eigenvalue weighted by Gasteiger charge is -2.21. The number of aryl methyl sites for hydroxylation is 1. The van der Waals surface area contributed by atoms with Crippen molar-refractivity contribution in [3.05, 3.63) is 101 Å². The molecule has 0 aliphatic carbocycles. The molecule has 0 radical (unpaired) electrons. The first kappa shape index (κ1) is 27.0. The summed E-state index contributed by atoms with van der Waals surface area (Å²) in [6.45, 7) is 2.16. The number of anilines is 1. The molecular weight excluding hydrogens is 528 g/mol. The topological polar surface area (TPSA) is 71.8 Å². The molecule has 5 rings (SSSR count). The number of halogens is 4. The summed E-state index contributed by atoms with van der Waals surface area (Å²) >= 11 is 0. The SMILES string of the molecule is Cc1ccc(-c2cc(C(F)(F)F)ccc2OCc2ccc(F)cc2)n1-c1cc(C(=O)O)cc(N2CCCC2=O)c1. The summed E-state index contributed by atoms with van der Waals surface area (Å²) in [5.41, 5.74) is 1.52. The normalized spacial score (nSPS) is 13.6. The van der Waals surface area contributed by atoms with Gasteiger partial charge in [-0.25, -0.2) is 9.18 Å². The van der Waals surface area contributed by atoms with Gasteiger partial charge in [0.1, 0.15) is 18.2 Å². The van der Waals surface area contributed by atoms with Crippen LogP contribution >= 0.6 is 0 Å². The second-order valence-corrected chi connectivity index (χ2v) is 9.51. The highest BCUT2D eigenvalue weighted by molar-refractivity contribution is 5.98. The third-order valence-electron chi connectivity index (χ3n) is 6.76. The number of carbonyl (C=O) groups excluding carboxylic acids is 1. The molecule has 10 heteroatoms. The lowest BCUT2D eigenvalue weighted by molar-refractivity contribution is -0.137. The van der Waals surface area contributed by atoms with Gasteiger partial charge < -0.3 is 19.3 Å². The van der Waals surface area contributed by atoms with E-state index < -0.39 is 23.5 Å². The third kappa shape index (κ3) is 5.42. The largest absolute Gasteiger partial charge is 0.488 e. The fourth-order valence-corrected chi connectivity index (χ4v) is 4.79. The van der Waals surface area contributed by atoms with E-state index in [9.17, 15) is 32.3 Å². The van der Waals surface area contributed by atoms with E-state index in [4.69, 9.17) is 4.74 Å². The number of amides is 1. The Morgan fingerprint density at radius 2 is 1.70 bits per heavy atom. The highest BCUT2D eigenvalue weighted by Gasteiger charge is 2.32. The lowest BCUT2D eigenvalue weighted by Crippen LogP contribution is -2.24. The van der Waals surface area contributed by atoms with Crippen LogP contribution in [0.5, 0.6) is 5.75 Å². The summed E-state index contributed by atoms with van der Waals surface area (Å²) < 4.78 is 62.1. The number of hydrogen-bond acceptors (Lipinski definition) is 3. The lowest BCUT2D eigenvalue weighted by atomic mass is 10.1. The first-order chi connectivity index (χ1) is 19.0. The minimum Gasteiger partial charge on any atom is -0.488 e. The zero-order valence-corrected chi connectivity index (χ0v) is 21.3. The van der Waals surface area contributed by atoms with Gasteiger partial charge in [0.05, 0.1) is 16.8 Å². The van der Waals surface area contributed by atoms with E-state index in [2.05, 4.69) is 0 Å². The monoisotopic (exact) mass is 552 g/mol. The maximum Gasteiger partial charge on any atom is 0.416 e. The van der Waals surface area contributed by atoms with Gasteiger partial charge in [-0.05, 0) is 79.6 Å². The van der Waals surface area contributed by atoms with Gasteiger partial charge in [0.15, 0.2) is 0 Å². The van der Waals surface area contributed by atoms with Crippen LogP contribution in [0.3, 0.4) is 0 Å². The summed E-state index contributed by atoms with van der Waals surface area (Å²) in [5, 5.41) is 9.78. The number of carbonyl (C=O) groups is 2. The van der Waals surface area contributed by atoms with Crippen LogP contribution in [0.2, 0.25) is 0 Å². The molecule has 2 heterocycles. The number of carboxylic acid groups (broad SMARTS) is 1. The maximum atomic E-state index is 13.8. The number of benzene rings is 3. The highest BCUT2D eigenvalue weighted by Crippen LogP contribution is 2.40. The van der Waals surface area contributed by atoms with Crippen molar-refractivity contribution < 1.29 is 37.0 Å². The maximum absolute atomic E-state index is 13.8. The molecule has 1 N–H and O–H groups in total. The van der Waals surface area contributed by atoms with E-state index >= 15 is 0 Å². The summed E-state index contributed by atoms with van der Waals surface area (Å²) in [4.78, 5) is 25.9. The Balaban J connectivity index is 1.64. The predicted molar refractivity (Wildman–Crippen MR) is 140 cm³/mol. The summed E-state index contributed by atoms with van der Waals surface area (Å²) in [5.74, 6) is -1.61. The number of nitrogens with zero attached hydrogens (tertiary/aromatic N) is 2. The average molecular weight is 553 g/mol. The van der Waals surface area contributed by atoms with Crippen molar-refractivity contribution in [2.24, 2.45) is 0 Å². The van der Waals surface area contributed by atoms with E-state index in [0.717, 1.165) is 12.1 Å². The van der Waals surface area contributed by atoms with E-state index in [1.54, 1.807) is 29.7 Å². The Kier molecular flexibility index (Phi) is 7.10. The van der Waals surface area contributed by atoms with Crippen LogP contribution in [0.1, 0.15) is 40.0 Å². The molecule has 206 valence electrons. The van der Waals surface area contributed by atoms with Gasteiger partial charge in [0, 0.05) is 35.6 Å². The molecule has 1 saturated heterocycles. The molecule has 0 atom stereocenters. The van der Waals surface area contributed by atoms with Crippen molar-refractivity contribution in [1.82, 2.24) is 4.57 Å². The molecule has 1 aromatic heterocycles. The van der Waals surface area contributed by atoms with E-state index in [-0.39, 0.29) is 29.4 Å². The summed E-state index contributed by atoms with van der Waals surface area (Å²) in [7, 11) is 0. The number of carboxylic acids is 1. The van der Waals surface area contributed by atoms with Gasteiger partial charge in [-0.1, -0.05) is 12.1 Å². The van der Waals surface area contributed by atoms with Crippen molar-refractivity contribution in [3.8, 4) is 22.7 Å². The number of hydrogen-bond donors (Lipinski definition) is 1. The third-order valence-corrected chi connectivity index (χ3v) is 6.76. The van der Waals surface area contributed by atoms with E-state index in [0.29, 0.717) is 47.7 Å². The first-order valence-electron chi connectivity index (χ1n) is 12.5. The number of alkyl halides is 3.